The van der Waals surface area contributed by atoms with Crippen LogP contribution in [0.2, 0.25) is 10.0 Å². The Morgan fingerprint density at radius 1 is 1.32 bits per heavy atom. The Labute approximate surface area is 124 Å². The maximum absolute atomic E-state index is 11.8. The van der Waals surface area contributed by atoms with Crippen LogP contribution < -0.4 is 10.6 Å². The average Bonchev–Trinajstić information content (AvgIpc) is 2.37. The second-order valence-electron chi connectivity index (χ2n) is 4.49. The van der Waals surface area contributed by atoms with Gasteiger partial charge in [-0.15, -0.1) is 0 Å². The van der Waals surface area contributed by atoms with Gasteiger partial charge in [0.25, 0.3) is 0 Å². The van der Waals surface area contributed by atoms with Crippen molar-refractivity contribution < 1.29 is 4.79 Å². The van der Waals surface area contributed by atoms with Gasteiger partial charge in [0, 0.05) is 11.6 Å². The molecule has 0 fully saturated rings. The minimum atomic E-state index is -0.333. The van der Waals surface area contributed by atoms with Crippen LogP contribution in [-0.4, -0.2) is 18.5 Å². The highest BCUT2D eigenvalue weighted by atomic mass is 35.5. The van der Waals surface area contributed by atoms with Gasteiger partial charge < -0.3 is 10.6 Å². The van der Waals surface area contributed by atoms with Crippen LogP contribution in [-0.2, 0) is 4.79 Å². The summed E-state index contributed by atoms with van der Waals surface area (Å²) in [4.78, 5) is 11.8. The first-order valence-electron chi connectivity index (χ1n) is 6.54. The van der Waals surface area contributed by atoms with Gasteiger partial charge in [-0.3, -0.25) is 4.79 Å². The minimum absolute atomic E-state index is 0.0258. The lowest BCUT2D eigenvalue weighted by Gasteiger charge is -2.16. The summed E-state index contributed by atoms with van der Waals surface area (Å²) in [6, 6.07) is 4.82. The maximum atomic E-state index is 11.8. The number of rotatable bonds is 7. The number of carbonyl (C=O) groups excluding carboxylic acids is 1. The monoisotopic (exact) mass is 302 g/mol. The highest BCUT2D eigenvalue weighted by Gasteiger charge is 2.13. The van der Waals surface area contributed by atoms with Gasteiger partial charge in [0.15, 0.2) is 0 Å². The number of anilines is 1. The molecule has 3 nitrogen and oxygen atoms in total. The summed E-state index contributed by atoms with van der Waals surface area (Å²) in [5.41, 5.74) is 0.710. The van der Waals surface area contributed by atoms with E-state index >= 15 is 0 Å². The standard InChI is InChI=1S/C14H20Cl2N2O/c1-3-4-5-8-17-14(19)10(2)18-13-7-6-11(15)9-12(13)16/h6-7,9-10,18H,3-5,8H2,1-2H3,(H,17,19). The lowest BCUT2D eigenvalue weighted by Crippen LogP contribution is -2.38. The summed E-state index contributed by atoms with van der Waals surface area (Å²) >= 11 is 11.9. The molecule has 1 amide bonds. The number of benzene rings is 1. The zero-order chi connectivity index (χ0) is 14.3. The summed E-state index contributed by atoms with van der Waals surface area (Å²) < 4.78 is 0. The Balaban J connectivity index is 2.45. The van der Waals surface area contributed by atoms with Gasteiger partial charge in [0.05, 0.1) is 10.7 Å². The van der Waals surface area contributed by atoms with Gasteiger partial charge in [-0.05, 0) is 31.5 Å². The van der Waals surface area contributed by atoms with E-state index in [9.17, 15) is 4.79 Å². The second kappa shape index (κ2) is 8.28. The van der Waals surface area contributed by atoms with E-state index < -0.39 is 0 Å². The van der Waals surface area contributed by atoms with Gasteiger partial charge in [0.1, 0.15) is 6.04 Å². The molecule has 0 saturated carbocycles. The normalized spacial score (nSPS) is 12.0. The highest BCUT2D eigenvalue weighted by molar-refractivity contribution is 6.36. The Morgan fingerprint density at radius 3 is 2.68 bits per heavy atom. The van der Waals surface area contributed by atoms with Crippen molar-refractivity contribution >= 4 is 34.8 Å². The van der Waals surface area contributed by atoms with E-state index in [2.05, 4.69) is 17.6 Å². The first kappa shape index (κ1) is 16.1. The number of nitrogens with one attached hydrogen (secondary N) is 2. The third kappa shape index (κ3) is 5.70. The van der Waals surface area contributed by atoms with Crippen LogP contribution in [0.5, 0.6) is 0 Å². The van der Waals surface area contributed by atoms with Crippen molar-refractivity contribution in [1.82, 2.24) is 5.32 Å². The van der Waals surface area contributed by atoms with Gasteiger partial charge in [-0.25, -0.2) is 0 Å². The number of hydrogen-bond acceptors (Lipinski definition) is 2. The highest BCUT2D eigenvalue weighted by Crippen LogP contribution is 2.25. The van der Waals surface area contributed by atoms with E-state index in [1.54, 1.807) is 25.1 Å². The van der Waals surface area contributed by atoms with Gasteiger partial charge in [0.2, 0.25) is 5.91 Å². The molecule has 1 atom stereocenters. The number of amides is 1. The zero-order valence-electron chi connectivity index (χ0n) is 11.3. The number of hydrogen-bond donors (Lipinski definition) is 2. The Morgan fingerprint density at radius 2 is 2.05 bits per heavy atom. The molecule has 0 aromatic heterocycles. The fourth-order valence-corrected chi connectivity index (χ4v) is 2.11. The van der Waals surface area contributed by atoms with Crippen molar-refractivity contribution in [3.8, 4) is 0 Å². The summed E-state index contributed by atoms with van der Waals surface area (Å²) in [6.07, 6.45) is 3.28. The molecule has 1 aromatic rings. The average molecular weight is 303 g/mol. The molecule has 1 aromatic carbocycles. The quantitative estimate of drug-likeness (QED) is 0.745. The van der Waals surface area contributed by atoms with E-state index in [1.165, 1.54) is 0 Å². The Kier molecular flexibility index (Phi) is 7.03. The van der Waals surface area contributed by atoms with Crippen LogP contribution in [0.25, 0.3) is 0 Å². The largest absolute Gasteiger partial charge is 0.373 e. The Hall–Kier alpha value is -0.930. The fourth-order valence-electron chi connectivity index (χ4n) is 1.65. The molecule has 0 radical (unpaired) electrons. The SMILES string of the molecule is CCCCCNC(=O)C(C)Nc1ccc(Cl)cc1Cl. The van der Waals surface area contributed by atoms with Gasteiger partial charge in [-0.2, -0.15) is 0 Å². The molecular formula is C14H20Cl2N2O. The van der Waals surface area contributed by atoms with E-state index in [1.807, 2.05) is 0 Å². The van der Waals surface area contributed by atoms with Crippen molar-refractivity contribution in [1.29, 1.82) is 0 Å². The molecule has 1 unspecified atom stereocenters. The minimum Gasteiger partial charge on any atom is -0.373 e. The Bertz CT molecular complexity index is 424. The molecule has 0 aliphatic carbocycles. The van der Waals surface area contributed by atoms with E-state index in [0.717, 1.165) is 19.3 Å². The molecule has 2 N–H and O–H groups in total. The van der Waals surface area contributed by atoms with Crippen molar-refractivity contribution in [2.75, 3.05) is 11.9 Å². The first-order chi connectivity index (χ1) is 9.04. The summed E-state index contributed by atoms with van der Waals surface area (Å²) in [6.45, 7) is 4.65. The zero-order valence-corrected chi connectivity index (χ0v) is 12.8. The van der Waals surface area contributed by atoms with Gasteiger partial charge >= 0.3 is 0 Å². The van der Waals surface area contributed by atoms with Crippen LogP contribution >= 0.6 is 23.2 Å². The van der Waals surface area contributed by atoms with E-state index in [-0.39, 0.29) is 11.9 Å². The van der Waals surface area contributed by atoms with Crippen molar-refractivity contribution in [2.45, 2.75) is 39.2 Å². The fraction of sp³-hybridized carbons (Fsp3) is 0.500. The first-order valence-corrected chi connectivity index (χ1v) is 7.29. The van der Waals surface area contributed by atoms with Crippen molar-refractivity contribution in [3.63, 3.8) is 0 Å². The van der Waals surface area contributed by atoms with Gasteiger partial charge in [-0.1, -0.05) is 43.0 Å². The van der Waals surface area contributed by atoms with Crippen molar-refractivity contribution in [3.05, 3.63) is 28.2 Å². The summed E-state index contributed by atoms with van der Waals surface area (Å²) in [7, 11) is 0. The lowest BCUT2D eigenvalue weighted by molar-refractivity contribution is -0.121. The molecular weight excluding hydrogens is 283 g/mol. The molecule has 19 heavy (non-hydrogen) atoms. The summed E-state index contributed by atoms with van der Waals surface area (Å²) in [5.74, 6) is -0.0258. The number of halogens is 2. The molecule has 0 saturated heterocycles. The number of unbranched alkanes of at least 4 members (excludes halogenated alkanes) is 2. The predicted octanol–water partition coefficient (Wildman–Crippen LogP) is 4.10. The maximum Gasteiger partial charge on any atom is 0.242 e. The van der Waals surface area contributed by atoms with Crippen LogP contribution in [0, 0.1) is 0 Å². The molecule has 0 spiro atoms. The third-order valence-electron chi connectivity index (χ3n) is 2.78. The predicted molar refractivity (Wildman–Crippen MR) is 82.1 cm³/mol. The molecule has 0 heterocycles. The molecule has 106 valence electrons. The number of carbonyl (C=O) groups is 1. The smallest absolute Gasteiger partial charge is 0.242 e. The van der Waals surface area contributed by atoms with Crippen LogP contribution in [0.3, 0.4) is 0 Å². The van der Waals surface area contributed by atoms with Crippen LogP contribution in [0.15, 0.2) is 18.2 Å². The van der Waals surface area contributed by atoms with Crippen molar-refractivity contribution in [2.24, 2.45) is 0 Å². The van der Waals surface area contributed by atoms with E-state index in [0.29, 0.717) is 22.3 Å². The third-order valence-corrected chi connectivity index (χ3v) is 3.32. The van der Waals surface area contributed by atoms with E-state index in [4.69, 9.17) is 23.2 Å². The topological polar surface area (TPSA) is 41.1 Å². The molecule has 0 aliphatic rings. The lowest BCUT2D eigenvalue weighted by atomic mass is 10.2. The molecule has 5 heteroatoms. The molecule has 0 bridgehead atoms. The summed E-state index contributed by atoms with van der Waals surface area (Å²) in [5, 5.41) is 7.06. The van der Waals surface area contributed by atoms with Crippen LogP contribution in [0.1, 0.15) is 33.1 Å². The van der Waals surface area contributed by atoms with Crippen LogP contribution in [0.4, 0.5) is 5.69 Å². The molecule has 0 aliphatic heterocycles. The second-order valence-corrected chi connectivity index (χ2v) is 5.33. The molecule has 1 rings (SSSR count).